The zero-order valence-electron chi connectivity index (χ0n) is 10.8. The van der Waals surface area contributed by atoms with E-state index in [0.29, 0.717) is 0 Å². The van der Waals surface area contributed by atoms with Gasteiger partial charge in [0.15, 0.2) is 0 Å². The molecule has 0 saturated carbocycles. The van der Waals surface area contributed by atoms with Crippen LogP contribution in [0.3, 0.4) is 0 Å². The van der Waals surface area contributed by atoms with E-state index in [4.69, 9.17) is 0 Å². The second kappa shape index (κ2) is 5.57. The van der Waals surface area contributed by atoms with Crippen molar-refractivity contribution in [1.29, 1.82) is 0 Å². The van der Waals surface area contributed by atoms with Crippen LogP contribution in [0, 0.1) is 0 Å². The highest BCUT2D eigenvalue weighted by Gasteiger charge is 1.99. The largest absolute Gasteiger partial charge is 0.371 e. The Balaban J connectivity index is 1.57. The second-order valence-electron chi connectivity index (χ2n) is 4.58. The number of pyridine rings is 1. The average molecular weight is 251 g/mol. The lowest BCUT2D eigenvalue weighted by Crippen LogP contribution is -2.06. The van der Waals surface area contributed by atoms with Crippen LogP contribution < -0.4 is 5.32 Å². The SMILES string of the molecule is c1ccc(CCCNc2cccc3nccn23)cc1. The van der Waals surface area contributed by atoms with Gasteiger partial charge >= 0.3 is 0 Å². The number of hydrogen-bond acceptors (Lipinski definition) is 2. The van der Waals surface area contributed by atoms with E-state index in [1.165, 1.54) is 5.56 Å². The van der Waals surface area contributed by atoms with Gasteiger partial charge in [0.2, 0.25) is 0 Å². The van der Waals surface area contributed by atoms with Gasteiger partial charge in [-0.15, -0.1) is 0 Å². The van der Waals surface area contributed by atoms with Crippen LogP contribution in [0.25, 0.3) is 5.65 Å². The van der Waals surface area contributed by atoms with E-state index in [1.807, 2.05) is 24.5 Å². The predicted molar refractivity (Wildman–Crippen MR) is 78.4 cm³/mol. The summed E-state index contributed by atoms with van der Waals surface area (Å²) in [5.74, 6) is 1.10. The summed E-state index contributed by atoms with van der Waals surface area (Å²) in [7, 11) is 0. The topological polar surface area (TPSA) is 29.3 Å². The Kier molecular flexibility index (Phi) is 3.45. The smallest absolute Gasteiger partial charge is 0.138 e. The van der Waals surface area contributed by atoms with Crippen molar-refractivity contribution in [3.63, 3.8) is 0 Å². The Hall–Kier alpha value is -2.29. The maximum atomic E-state index is 4.28. The Morgan fingerprint density at radius 3 is 2.79 bits per heavy atom. The molecule has 0 bridgehead atoms. The van der Waals surface area contributed by atoms with E-state index in [0.717, 1.165) is 30.9 Å². The Morgan fingerprint density at radius 2 is 1.89 bits per heavy atom. The first-order valence-electron chi connectivity index (χ1n) is 6.63. The molecule has 3 aromatic rings. The van der Waals surface area contributed by atoms with E-state index < -0.39 is 0 Å². The van der Waals surface area contributed by atoms with Crippen molar-refractivity contribution in [3.8, 4) is 0 Å². The van der Waals surface area contributed by atoms with Crippen molar-refractivity contribution >= 4 is 11.5 Å². The first-order valence-corrected chi connectivity index (χ1v) is 6.63. The standard InChI is InChI=1S/C16H17N3/c1-2-6-14(7-3-1)8-5-11-17-15-9-4-10-16-18-12-13-19(15)16/h1-4,6-7,9-10,12-13,17H,5,8,11H2. The third-order valence-corrected chi connectivity index (χ3v) is 3.22. The fraction of sp³-hybridized carbons (Fsp3) is 0.188. The fourth-order valence-corrected chi connectivity index (χ4v) is 2.25. The molecule has 0 amide bonds. The van der Waals surface area contributed by atoms with Gasteiger partial charge in [0.25, 0.3) is 0 Å². The highest BCUT2D eigenvalue weighted by molar-refractivity contribution is 5.49. The molecular formula is C16H17N3. The molecule has 19 heavy (non-hydrogen) atoms. The van der Waals surface area contributed by atoms with Gasteiger partial charge in [-0.25, -0.2) is 4.98 Å². The minimum atomic E-state index is 0.964. The first kappa shape index (κ1) is 11.8. The van der Waals surface area contributed by atoms with Crippen LogP contribution in [0.2, 0.25) is 0 Å². The third-order valence-electron chi connectivity index (χ3n) is 3.22. The van der Waals surface area contributed by atoms with Crippen LogP contribution in [-0.4, -0.2) is 15.9 Å². The summed E-state index contributed by atoms with van der Waals surface area (Å²) in [4.78, 5) is 4.28. The molecule has 2 aromatic heterocycles. The predicted octanol–water partition coefficient (Wildman–Crippen LogP) is 3.38. The summed E-state index contributed by atoms with van der Waals surface area (Å²) in [6.45, 7) is 0.964. The molecule has 1 N–H and O–H groups in total. The van der Waals surface area contributed by atoms with E-state index in [-0.39, 0.29) is 0 Å². The number of anilines is 1. The van der Waals surface area contributed by atoms with Crippen LogP contribution in [0.1, 0.15) is 12.0 Å². The number of aromatic nitrogens is 2. The van der Waals surface area contributed by atoms with E-state index in [1.54, 1.807) is 0 Å². The second-order valence-corrected chi connectivity index (χ2v) is 4.58. The van der Waals surface area contributed by atoms with Crippen LogP contribution in [0.4, 0.5) is 5.82 Å². The van der Waals surface area contributed by atoms with Crippen LogP contribution >= 0.6 is 0 Å². The molecule has 96 valence electrons. The molecule has 0 aliphatic carbocycles. The number of nitrogens with one attached hydrogen (secondary N) is 1. The van der Waals surface area contributed by atoms with Crippen molar-refractivity contribution in [2.24, 2.45) is 0 Å². The van der Waals surface area contributed by atoms with Gasteiger partial charge in [0, 0.05) is 18.9 Å². The Bertz CT molecular complexity index is 643. The number of nitrogens with zero attached hydrogens (tertiary/aromatic N) is 2. The van der Waals surface area contributed by atoms with E-state index >= 15 is 0 Å². The highest BCUT2D eigenvalue weighted by atomic mass is 15.1. The van der Waals surface area contributed by atoms with Crippen LogP contribution in [-0.2, 0) is 6.42 Å². The molecule has 0 spiro atoms. The van der Waals surface area contributed by atoms with Crippen molar-refractivity contribution < 1.29 is 0 Å². The normalized spacial score (nSPS) is 10.7. The molecule has 0 saturated heterocycles. The fourth-order valence-electron chi connectivity index (χ4n) is 2.25. The van der Waals surface area contributed by atoms with Gasteiger partial charge in [-0.3, -0.25) is 4.40 Å². The molecule has 0 fully saturated rings. The minimum absolute atomic E-state index is 0.964. The number of hydrogen-bond donors (Lipinski definition) is 1. The van der Waals surface area contributed by atoms with Crippen LogP contribution in [0.5, 0.6) is 0 Å². The summed E-state index contributed by atoms with van der Waals surface area (Å²) in [5, 5.41) is 3.47. The molecule has 0 aliphatic rings. The van der Waals surface area contributed by atoms with Gasteiger partial charge in [0.1, 0.15) is 11.5 Å². The lowest BCUT2D eigenvalue weighted by Gasteiger charge is -2.08. The van der Waals surface area contributed by atoms with Gasteiger partial charge in [0.05, 0.1) is 0 Å². The Morgan fingerprint density at radius 1 is 1.00 bits per heavy atom. The molecule has 3 heteroatoms. The number of aryl methyl sites for hydroxylation is 1. The first-order chi connectivity index (χ1) is 9.43. The third kappa shape index (κ3) is 2.76. The molecular weight excluding hydrogens is 234 g/mol. The number of benzene rings is 1. The number of rotatable bonds is 5. The summed E-state index contributed by atoms with van der Waals surface area (Å²) < 4.78 is 2.07. The van der Waals surface area contributed by atoms with Crippen molar-refractivity contribution in [2.45, 2.75) is 12.8 Å². The summed E-state index contributed by atoms with van der Waals surface area (Å²) in [5.41, 5.74) is 2.37. The molecule has 0 atom stereocenters. The molecule has 0 radical (unpaired) electrons. The zero-order chi connectivity index (χ0) is 12.9. The van der Waals surface area contributed by atoms with E-state index in [9.17, 15) is 0 Å². The lowest BCUT2D eigenvalue weighted by atomic mass is 10.1. The molecule has 0 unspecified atom stereocenters. The van der Waals surface area contributed by atoms with Crippen molar-refractivity contribution in [1.82, 2.24) is 9.38 Å². The lowest BCUT2D eigenvalue weighted by molar-refractivity contribution is 0.856. The molecule has 0 aliphatic heterocycles. The maximum absolute atomic E-state index is 4.28. The number of fused-ring (bicyclic) bond motifs is 1. The average Bonchev–Trinajstić information content (AvgIpc) is 2.94. The Labute approximate surface area is 112 Å². The minimum Gasteiger partial charge on any atom is -0.371 e. The number of imidazole rings is 1. The van der Waals surface area contributed by atoms with Gasteiger partial charge in [-0.1, -0.05) is 36.4 Å². The summed E-state index contributed by atoms with van der Waals surface area (Å²) in [6.07, 6.45) is 6.03. The molecule has 3 nitrogen and oxygen atoms in total. The molecule has 1 aromatic carbocycles. The van der Waals surface area contributed by atoms with Crippen molar-refractivity contribution in [2.75, 3.05) is 11.9 Å². The van der Waals surface area contributed by atoms with Gasteiger partial charge in [-0.2, -0.15) is 0 Å². The van der Waals surface area contributed by atoms with Crippen molar-refractivity contribution in [3.05, 3.63) is 66.5 Å². The summed E-state index contributed by atoms with van der Waals surface area (Å²) >= 11 is 0. The van der Waals surface area contributed by atoms with Crippen LogP contribution in [0.15, 0.2) is 60.9 Å². The monoisotopic (exact) mass is 251 g/mol. The zero-order valence-corrected chi connectivity index (χ0v) is 10.8. The van der Waals surface area contributed by atoms with Gasteiger partial charge < -0.3 is 5.32 Å². The quantitative estimate of drug-likeness (QED) is 0.704. The molecule has 3 rings (SSSR count). The van der Waals surface area contributed by atoms with Gasteiger partial charge in [-0.05, 0) is 30.5 Å². The highest BCUT2D eigenvalue weighted by Crippen LogP contribution is 2.11. The maximum Gasteiger partial charge on any atom is 0.138 e. The van der Waals surface area contributed by atoms with E-state index in [2.05, 4.69) is 51.1 Å². The molecule has 2 heterocycles. The summed E-state index contributed by atoms with van der Waals surface area (Å²) in [6, 6.07) is 16.7.